The van der Waals surface area contributed by atoms with Crippen molar-refractivity contribution < 1.29 is 19.1 Å². The predicted molar refractivity (Wildman–Crippen MR) is 103 cm³/mol. The normalized spacial score (nSPS) is 11.0. The quantitative estimate of drug-likeness (QED) is 0.545. The van der Waals surface area contributed by atoms with E-state index in [0.29, 0.717) is 13.2 Å². The largest absolute Gasteiger partial charge is 0.463 e. The molecule has 0 saturated carbocycles. The molecular weight excluding hydrogens is 328 g/mol. The summed E-state index contributed by atoms with van der Waals surface area (Å²) in [7, 11) is 0. The second-order valence-electron chi connectivity index (χ2n) is 5.35. The predicted octanol–water partition coefficient (Wildman–Crippen LogP) is 4.51. The molecule has 0 heterocycles. The van der Waals surface area contributed by atoms with Gasteiger partial charge in [0.05, 0.1) is 13.2 Å². The molecule has 2 rings (SSSR count). The summed E-state index contributed by atoms with van der Waals surface area (Å²) in [4.78, 5) is 23.2. The molecule has 0 spiro atoms. The Bertz CT molecular complexity index is 749. The van der Waals surface area contributed by atoms with Crippen LogP contribution in [0, 0.1) is 0 Å². The molecule has 0 unspecified atom stereocenters. The van der Waals surface area contributed by atoms with E-state index in [9.17, 15) is 9.59 Å². The number of hydrogen-bond donors (Lipinski definition) is 0. The van der Waals surface area contributed by atoms with E-state index in [4.69, 9.17) is 9.47 Å². The minimum atomic E-state index is -0.377. The molecular formula is C22H22O4. The fourth-order valence-electron chi connectivity index (χ4n) is 2.47. The summed E-state index contributed by atoms with van der Waals surface area (Å²) in [6.07, 6.45) is 6.30. The van der Waals surface area contributed by atoms with Crippen LogP contribution in [0.3, 0.4) is 0 Å². The molecule has 0 atom stereocenters. The lowest BCUT2D eigenvalue weighted by Crippen LogP contribution is -1.99. The Morgan fingerprint density at radius 2 is 1.12 bits per heavy atom. The summed E-state index contributed by atoms with van der Waals surface area (Å²) < 4.78 is 9.87. The number of esters is 2. The van der Waals surface area contributed by atoms with Gasteiger partial charge in [-0.2, -0.15) is 0 Å². The highest BCUT2D eigenvalue weighted by Gasteiger charge is 2.07. The third kappa shape index (κ3) is 5.45. The SMILES string of the molecule is CCOC(=O)/C=C\c1ccccc1-c1ccccc1/C=C/C(=O)OCC. The Morgan fingerprint density at radius 3 is 1.50 bits per heavy atom. The van der Waals surface area contributed by atoms with Crippen LogP contribution in [0.25, 0.3) is 23.3 Å². The summed E-state index contributed by atoms with van der Waals surface area (Å²) in [6, 6.07) is 15.5. The molecule has 0 aliphatic carbocycles. The lowest BCUT2D eigenvalue weighted by Gasteiger charge is -2.10. The molecule has 0 saturated heterocycles. The molecule has 0 aliphatic heterocycles. The van der Waals surface area contributed by atoms with Crippen LogP contribution in [0.5, 0.6) is 0 Å². The van der Waals surface area contributed by atoms with Gasteiger partial charge in [0.2, 0.25) is 0 Å². The molecule has 2 aromatic carbocycles. The Hall–Kier alpha value is -3.14. The van der Waals surface area contributed by atoms with Gasteiger partial charge in [-0.1, -0.05) is 48.5 Å². The van der Waals surface area contributed by atoms with Gasteiger partial charge in [0.1, 0.15) is 0 Å². The second kappa shape index (κ2) is 9.99. The van der Waals surface area contributed by atoms with E-state index in [1.54, 1.807) is 26.0 Å². The fraction of sp³-hybridized carbons (Fsp3) is 0.182. The van der Waals surface area contributed by atoms with Crippen molar-refractivity contribution in [2.45, 2.75) is 13.8 Å². The third-order valence-corrected chi connectivity index (χ3v) is 3.58. The van der Waals surface area contributed by atoms with Crippen molar-refractivity contribution in [2.24, 2.45) is 0 Å². The van der Waals surface area contributed by atoms with Crippen LogP contribution >= 0.6 is 0 Å². The van der Waals surface area contributed by atoms with Gasteiger partial charge in [-0.3, -0.25) is 0 Å². The lowest BCUT2D eigenvalue weighted by atomic mass is 9.95. The highest BCUT2D eigenvalue weighted by molar-refractivity contribution is 5.92. The molecule has 0 radical (unpaired) electrons. The molecule has 0 fully saturated rings. The van der Waals surface area contributed by atoms with E-state index in [2.05, 4.69) is 0 Å². The number of hydrogen-bond acceptors (Lipinski definition) is 4. The molecule has 0 N–H and O–H groups in total. The van der Waals surface area contributed by atoms with Crippen molar-refractivity contribution in [1.82, 2.24) is 0 Å². The summed E-state index contributed by atoms with van der Waals surface area (Å²) in [5, 5.41) is 0. The number of carbonyl (C=O) groups excluding carboxylic acids is 2. The van der Waals surface area contributed by atoms with Gasteiger partial charge < -0.3 is 9.47 Å². The lowest BCUT2D eigenvalue weighted by molar-refractivity contribution is -0.138. The Labute approximate surface area is 153 Å². The highest BCUT2D eigenvalue weighted by atomic mass is 16.5. The first-order valence-corrected chi connectivity index (χ1v) is 8.53. The second-order valence-corrected chi connectivity index (χ2v) is 5.35. The molecule has 26 heavy (non-hydrogen) atoms. The van der Waals surface area contributed by atoms with E-state index >= 15 is 0 Å². The number of carbonyl (C=O) groups is 2. The topological polar surface area (TPSA) is 52.6 Å². The number of ether oxygens (including phenoxy) is 2. The molecule has 0 aromatic heterocycles. The van der Waals surface area contributed by atoms with E-state index < -0.39 is 0 Å². The van der Waals surface area contributed by atoms with Gasteiger partial charge in [-0.05, 0) is 48.3 Å². The Kier molecular flexibility index (Phi) is 7.37. The summed E-state index contributed by atoms with van der Waals surface area (Å²) in [6.45, 7) is 4.22. The van der Waals surface area contributed by atoms with Gasteiger partial charge >= 0.3 is 11.9 Å². The Balaban J connectivity index is 2.37. The first-order valence-electron chi connectivity index (χ1n) is 8.53. The van der Waals surface area contributed by atoms with E-state index in [1.807, 2.05) is 48.5 Å². The molecule has 0 amide bonds. The zero-order valence-electron chi connectivity index (χ0n) is 15.0. The van der Waals surface area contributed by atoms with E-state index in [1.165, 1.54) is 12.2 Å². The maximum Gasteiger partial charge on any atom is 0.330 e. The number of benzene rings is 2. The van der Waals surface area contributed by atoms with E-state index in [-0.39, 0.29) is 11.9 Å². The van der Waals surface area contributed by atoms with Crippen molar-refractivity contribution >= 4 is 24.1 Å². The Morgan fingerprint density at radius 1 is 0.731 bits per heavy atom. The fourth-order valence-corrected chi connectivity index (χ4v) is 2.47. The van der Waals surface area contributed by atoms with Gasteiger partial charge in [-0.25, -0.2) is 9.59 Å². The molecule has 4 nitrogen and oxygen atoms in total. The average Bonchev–Trinajstić information content (AvgIpc) is 2.66. The van der Waals surface area contributed by atoms with Crippen molar-refractivity contribution in [3.63, 3.8) is 0 Å². The van der Waals surface area contributed by atoms with Crippen molar-refractivity contribution in [2.75, 3.05) is 13.2 Å². The van der Waals surface area contributed by atoms with Crippen LogP contribution in [0.4, 0.5) is 0 Å². The zero-order chi connectivity index (χ0) is 18.8. The summed E-state index contributed by atoms with van der Waals surface area (Å²) in [5.74, 6) is -0.754. The third-order valence-electron chi connectivity index (χ3n) is 3.58. The van der Waals surface area contributed by atoms with Crippen LogP contribution in [-0.2, 0) is 19.1 Å². The van der Waals surface area contributed by atoms with Crippen LogP contribution in [0.15, 0.2) is 60.7 Å². The van der Waals surface area contributed by atoms with Crippen LogP contribution in [-0.4, -0.2) is 25.2 Å². The standard InChI is InChI=1S/C22H22O4/c1-3-25-21(23)15-13-17-9-5-7-11-19(17)20-12-8-6-10-18(20)14-16-22(24)26-4-2/h5-16H,3-4H2,1-2H3/b15-13-,16-14+. The smallest absolute Gasteiger partial charge is 0.330 e. The minimum absolute atomic E-state index is 0.340. The first kappa shape index (κ1) is 19.2. The van der Waals surface area contributed by atoms with Crippen LogP contribution in [0.1, 0.15) is 25.0 Å². The van der Waals surface area contributed by atoms with Gasteiger partial charge in [0, 0.05) is 12.2 Å². The minimum Gasteiger partial charge on any atom is -0.463 e. The number of rotatable bonds is 7. The monoisotopic (exact) mass is 350 g/mol. The van der Waals surface area contributed by atoms with Gasteiger partial charge in [0.15, 0.2) is 0 Å². The summed E-state index contributed by atoms with van der Waals surface area (Å²) >= 11 is 0. The van der Waals surface area contributed by atoms with Crippen LogP contribution in [0.2, 0.25) is 0 Å². The molecule has 0 bridgehead atoms. The average molecular weight is 350 g/mol. The molecule has 2 aromatic rings. The van der Waals surface area contributed by atoms with E-state index in [0.717, 1.165) is 22.3 Å². The summed E-state index contributed by atoms with van der Waals surface area (Å²) in [5.41, 5.74) is 3.68. The van der Waals surface area contributed by atoms with Crippen LogP contribution < -0.4 is 0 Å². The zero-order valence-corrected chi connectivity index (χ0v) is 15.0. The molecule has 0 aliphatic rings. The van der Waals surface area contributed by atoms with Crippen molar-refractivity contribution in [3.05, 3.63) is 71.8 Å². The first-order chi connectivity index (χ1) is 12.7. The maximum atomic E-state index is 11.6. The van der Waals surface area contributed by atoms with Gasteiger partial charge in [0.25, 0.3) is 0 Å². The molecule has 134 valence electrons. The van der Waals surface area contributed by atoms with Crippen molar-refractivity contribution in [3.8, 4) is 11.1 Å². The molecule has 4 heteroatoms. The highest BCUT2D eigenvalue weighted by Crippen LogP contribution is 2.29. The van der Waals surface area contributed by atoms with Crippen molar-refractivity contribution in [1.29, 1.82) is 0 Å². The maximum absolute atomic E-state index is 11.6. The van der Waals surface area contributed by atoms with Gasteiger partial charge in [-0.15, -0.1) is 0 Å².